The number of fused-ring (bicyclic) bond motifs is 1. The van der Waals surface area contributed by atoms with E-state index < -0.39 is 0 Å². The Kier molecular flexibility index (Phi) is 2.37. The molecule has 0 spiro atoms. The fourth-order valence-electron chi connectivity index (χ4n) is 2.72. The molecule has 1 aromatic heterocycles. The van der Waals surface area contributed by atoms with Crippen LogP contribution in [0.5, 0.6) is 0 Å². The van der Waals surface area contributed by atoms with Gasteiger partial charge in [0, 0.05) is 11.1 Å². The highest BCUT2D eigenvalue weighted by molar-refractivity contribution is 5.60. The van der Waals surface area contributed by atoms with E-state index >= 15 is 0 Å². The van der Waals surface area contributed by atoms with E-state index in [1.807, 2.05) is 30.3 Å². The molecule has 1 aliphatic rings. The van der Waals surface area contributed by atoms with Crippen LogP contribution in [0.3, 0.4) is 0 Å². The second-order valence-corrected chi connectivity index (χ2v) is 5.50. The van der Waals surface area contributed by atoms with Gasteiger partial charge in [0.1, 0.15) is 5.82 Å². The standard InChI is InChI=1S/C15H17N3/c1-15(2)9-8-11-12(15)13(16)18-14(17-11)10-6-4-3-5-7-10/h3-7H,8-9H2,1-2H3,(H2,16,17,18). The summed E-state index contributed by atoms with van der Waals surface area (Å²) in [6.45, 7) is 4.42. The normalized spacial score (nSPS) is 16.6. The zero-order chi connectivity index (χ0) is 12.8. The number of benzene rings is 1. The van der Waals surface area contributed by atoms with E-state index in [4.69, 9.17) is 5.73 Å². The predicted molar refractivity (Wildman–Crippen MR) is 73.2 cm³/mol. The number of aryl methyl sites for hydroxylation is 1. The average molecular weight is 239 g/mol. The fourth-order valence-corrected chi connectivity index (χ4v) is 2.72. The number of anilines is 1. The van der Waals surface area contributed by atoms with Gasteiger partial charge >= 0.3 is 0 Å². The number of rotatable bonds is 1. The van der Waals surface area contributed by atoms with Gasteiger partial charge in [0.05, 0.1) is 5.69 Å². The van der Waals surface area contributed by atoms with Gasteiger partial charge in [-0.1, -0.05) is 44.2 Å². The summed E-state index contributed by atoms with van der Waals surface area (Å²) >= 11 is 0. The van der Waals surface area contributed by atoms with Crippen molar-refractivity contribution in [1.82, 2.24) is 9.97 Å². The third-order valence-corrected chi connectivity index (χ3v) is 3.71. The minimum absolute atomic E-state index is 0.106. The minimum Gasteiger partial charge on any atom is -0.383 e. The summed E-state index contributed by atoms with van der Waals surface area (Å²) in [4.78, 5) is 9.17. The Labute approximate surface area is 107 Å². The highest BCUT2D eigenvalue weighted by Gasteiger charge is 2.34. The Morgan fingerprint density at radius 2 is 1.83 bits per heavy atom. The van der Waals surface area contributed by atoms with Gasteiger partial charge in [-0.3, -0.25) is 0 Å². The molecule has 0 bridgehead atoms. The van der Waals surface area contributed by atoms with Gasteiger partial charge in [0.2, 0.25) is 0 Å². The van der Waals surface area contributed by atoms with Crippen molar-refractivity contribution in [2.24, 2.45) is 0 Å². The van der Waals surface area contributed by atoms with Crippen LogP contribution in [0.1, 0.15) is 31.5 Å². The summed E-state index contributed by atoms with van der Waals surface area (Å²) in [6, 6.07) is 10.0. The van der Waals surface area contributed by atoms with Crippen molar-refractivity contribution >= 4 is 5.82 Å². The Morgan fingerprint density at radius 1 is 1.11 bits per heavy atom. The predicted octanol–water partition coefficient (Wildman–Crippen LogP) is 2.95. The molecule has 1 aliphatic carbocycles. The third kappa shape index (κ3) is 1.67. The van der Waals surface area contributed by atoms with Crippen LogP contribution in [0.4, 0.5) is 5.82 Å². The van der Waals surface area contributed by atoms with Crippen molar-refractivity contribution in [3.63, 3.8) is 0 Å². The summed E-state index contributed by atoms with van der Waals surface area (Å²) < 4.78 is 0. The maximum atomic E-state index is 6.13. The van der Waals surface area contributed by atoms with Gasteiger partial charge in [-0.2, -0.15) is 0 Å². The molecule has 0 atom stereocenters. The van der Waals surface area contributed by atoms with Gasteiger partial charge < -0.3 is 5.73 Å². The highest BCUT2D eigenvalue weighted by Crippen LogP contribution is 2.40. The third-order valence-electron chi connectivity index (χ3n) is 3.71. The molecule has 0 radical (unpaired) electrons. The Morgan fingerprint density at radius 3 is 2.56 bits per heavy atom. The molecule has 2 aromatic rings. The Bertz CT molecular complexity index is 588. The summed E-state index contributed by atoms with van der Waals surface area (Å²) in [5, 5.41) is 0. The summed E-state index contributed by atoms with van der Waals surface area (Å²) in [7, 11) is 0. The van der Waals surface area contributed by atoms with E-state index in [9.17, 15) is 0 Å². The van der Waals surface area contributed by atoms with Gasteiger partial charge in [0.15, 0.2) is 5.82 Å². The SMILES string of the molecule is CC1(C)CCc2nc(-c3ccccc3)nc(N)c21. The topological polar surface area (TPSA) is 51.8 Å². The zero-order valence-corrected chi connectivity index (χ0v) is 10.8. The second kappa shape index (κ2) is 3.80. The van der Waals surface area contributed by atoms with E-state index in [1.165, 1.54) is 0 Å². The zero-order valence-electron chi connectivity index (χ0n) is 10.8. The summed E-state index contributed by atoms with van der Waals surface area (Å²) in [5.74, 6) is 1.38. The molecule has 2 N–H and O–H groups in total. The van der Waals surface area contributed by atoms with Crippen molar-refractivity contribution in [1.29, 1.82) is 0 Å². The second-order valence-electron chi connectivity index (χ2n) is 5.50. The van der Waals surface area contributed by atoms with Crippen molar-refractivity contribution in [3.05, 3.63) is 41.6 Å². The van der Waals surface area contributed by atoms with E-state index in [-0.39, 0.29) is 5.41 Å². The van der Waals surface area contributed by atoms with E-state index in [0.717, 1.165) is 35.5 Å². The molecule has 92 valence electrons. The Hall–Kier alpha value is -1.90. The molecule has 0 fully saturated rings. The number of nitrogens with two attached hydrogens (primary N) is 1. The molecule has 0 saturated heterocycles. The molecule has 0 amide bonds. The lowest BCUT2D eigenvalue weighted by Crippen LogP contribution is -2.16. The monoisotopic (exact) mass is 239 g/mol. The van der Waals surface area contributed by atoms with E-state index in [1.54, 1.807) is 0 Å². The molecular formula is C15H17N3. The van der Waals surface area contributed by atoms with Crippen molar-refractivity contribution in [2.75, 3.05) is 5.73 Å². The van der Waals surface area contributed by atoms with Gasteiger partial charge in [-0.05, 0) is 18.3 Å². The first-order valence-electron chi connectivity index (χ1n) is 6.30. The molecule has 1 aromatic carbocycles. The summed E-state index contributed by atoms with van der Waals surface area (Å²) in [5.41, 5.74) is 9.52. The molecule has 0 unspecified atom stereocenters. The van der Waals surface area contributed by atoms with E-state index in [0.29, 0.717) is 5.82 Å². The molecule has 18 heavy (non-hydrogen) atoms. The van der Waals surface area contributed by atoms with Gasteiger partial charge in [-0.25, -0.2) is 9.97 Å². The lowest BCUT2D eigenvalue weighted by molar-refractivity contribution is 0.523. The lowest BCUT2D eigenvalue weighted by atomic mass is 9.87. The maximum Gasteiger partial charge on any atom is 0.161 e. The highest BCUT2D eigenvalue weighted by atomic mass is 15.0. The van der Waals surface area contributed by atoms with Crippen molar-refractivity contribution in [2.45, 2.75) is 32.1 Å². The van der Waals surface area contributed by atoms with Crippen molar-refractivity contribution in [3.8, 4) is 11.4 Å². The van der Waals surface area contributed by atoms with Crippen LogP contribution in [-0.2, 0) is 11.8 Å². The number of hydrogen-bond acceptors (Lipinski definition) is 3. The summed E-state index contributed by atoms with van der Waals surface area (Å²) in [6.07, 6.45) is 2.09. The van der Waals surface area contributed by atoms with Crippen LogP contribution in [0, 0.1) is 0 Å². The van der Waals surface area contributed by atoms with Crippen LogP contribution >= 0.6 is 0 Å². The molecule has 0 aliphatic heterocycles. The van der Waals surface area contributed by atoms with Gasteiger partial charge in [-0.15, -0.1) is 0 Å². The van der Waals surface area contributed by atoms with E-state index in [2.05, 4.69) is 23.8 Å². The number of hydrogen-bond donors (Lipinski definition) is 1. The minimum atomic E-state index is 0.106. The van der Waals surface area contributed by atoms with Crippen LogP contribution in [-0.4, -0.2) is 9.97 Å². The maximum absolute atomic E-state index is 6.13. The molecule has 1 heterocycles. The molecule has 3 rings (SSSR count). The first-order valence-corrected chi connectivity index (χ1v) is 6.30. The van der Waals surface area contributed by atoms with Crippen LogP contribution in [0.2, 0.25) is 0 Å². The smallest absolute Gasteiger partial charge is 0.161 e. The number of aromatic nitrogens is 2. The Balaban J connectivity index is 2.15. The largest absolute Gasteiger partial charge is 0.383 e. The van der Waals surface area contributed by atoms with Gasteiger partial charge in [0.25, 0.3) is 0 Å². The quantitative estimate of drug-likeness (QED) is 0.832. The number of nitrogens with zero attached hydrogens (tertiary/aromatic N) is 2. The molecule has 0 saturated carbocycles. The average Bonchev–Trinajstić information content (AvgIpc) is 2.67. The van der Waals surface area contributed by atoms with Crippen LogP contribution in [0.25, 0.3) is 11.4 Å². The molecule has 3 heteroatoms. The lowest BCUT2D eigenvalue weighted by Gasteiger charge is -2.19. The molecular weight excluding hydrogens is 222 g/mol. The molecule has 3 nitrogen and oxygen atoms in total. The van der Waals surface area contributed by atoms with Crippen LogP contribution in [0.15, 0.2) is 30.3 Å². The fraction of sp³-hybridized carbons (Fsp3) is 0.333. The first-order chi connectivity index (χ1) is 8.58. The van der Waals surface area contributed by atoms with Crippen LogP contribution < -0.4 is 5.73 Å². The number of nitrogen functional groups attached to an aromatic ring is 1. The first kappa shape index (κ1) is 11.2. The van der Waals surface area contributed by atoms with Crippen molar-refractivity contribution < 1.29 is 0 Å².